The highest BCUT2D eigenvalue weighted by atomic mass is 32.2. The number of anilines is 1. The molecule has 0 bridgehead atoms. The molecule has 3 rings (SSSR count). The number of primary amides is 1. The number of benzene rings is 3. The van der Waals surface area contributed by atoms with Crippen molar-refractivity contribution in [2.45, 2.75) is 37.2 Å². The van der Waals surface area contributed by atoms with E-state index in [4.69, 9.17) is 10.5 Å². The van der Waals surface area contributed by atoms with E-state index in [0.717, 1.165) is 24.8 Å². The molecule has 0 spiro atoms. The summed E-state index contributed by atoms with van der Waals surface area (Å²) in [6.07, 6.45) is 1.79. The number of nitrogens with one attached hydrogen (secondary N) is 1. The van der Waals surface area contributed by atoms with Crippen LogP contribution in [0.3, 0.4) is 0 Å². The lowest BCUT2D eigenvalue weighted by molar-refractivity contribution is -0.127. The zero-order chi connectivity index (χ0) is 23.8. The first-order valence-corrected chi connectivity index (χ1v) is 12.1. The van der Waals surface area contributed by atoms with Gasteiger partial charge in [0, 0.05) is 11.3 Å². The largest absolute Gasteiger partial charge is 0.444 e. The van der Waals surface area contributed by atoms with Gasteiger partial charge in [-0.25, -0.2) is 13.2 Å². The van der Waals surface area contributed by atoms with Gasteiger partial charge in [-0.15, -0.1) is 0 Å². The number of hydrogen-bond donors (Lipinski definition) is 2. The summed E-state index contributed by atoms with van der Waals surface area (Å²) in [5.41, 5.74) is 7.35. The molecule has 1 unspecified atom stereocenters. The molecule has 0 aliphatic rings. The molecule has 0 aliphatic heterocycles. The van der Waals surface area contributed by atoms with Gasteiger partial charge in [0.1, 0.15) is 0 Å². The minimum Gasteiger partial charge on any atom is -0.444 e. The van der Waals surface area contributed by atoms with Gasteiger partial charge in [-0.2, -0.15) is 0 Å². The third-order valence-corrected chi connectivity index (χ3v) is 6.37. The van der Waals surface area contributed by atoms with Gasteiger partial charge < -0.3 is 10.5 Å². The molecule has 1 amide bonds. The van der Waals surface area contributed by atoms with Crippen molar-refractivity contribution in [1.29, 1.82) is 0 Å². The van der Waals surface area contributed by atoms with Crippen molar-refractivity contribution in [3.8, 4) is 0 Å². The number of amides is 1. The lowest BCUT2D eigenvalue weighted by atomic mass is 10.1. The second-order valence-electron chi connectivity index (χ2n) is 7.53. The normalized spacial score (nSPS) is 12.0. The Morgan fingerprint density at radius 3 is 2.30 bits per heavy atom. The molecule has 0 fully saturated rings. The number of nitrogens with two attached hydrogens (primary N) is 1. The molecule has 7 nitrogen and oxygen atoms in total. The van der Waals surface area contributed by atoms with Crippen molar-refractivity contribution in [2.24, 2.45) is 5.73 Å². The van der Waals surface area contributed by atoms with Crippen LogP contribution in [-0.2, 0) is 26.0 Å². The van der Waals surface area contributed by atoms with Gasteiger partial charge in [-0.1, -0.05) is 61.9 Å². The summed E-state index contributed by atoms with van der Waals surface area (Å²) in [7, 11) is -3.95. The van der Waals surface area contributed by atoms with Crippen LogP contribution in [-0.4, -0.2) is 20.3 Å². The third kappa shape index (κ3) is 6.43. The number of esters is 1. The molecule has 0 aliphatic carbocycles. The Balaban J connectivity index is 1.76. The summed E-state index contributed by atoms with van der Waals surface area (Å²) >= 11 is 0. The van der Waals surface area contributed by atoms with E-state index < -0.39 is 28.0 Å². The Labute approximate surface area is 193 Å². The quantitative estimate of drug-likeness (QED) is 0.434. The van der Waals surface area contributed by atoms with Crippen LogP contribution in [0.2, 0.25) is 0 Å². The van der Waals surface area contributed by atoms with Gasteiger partial charge in [0.15, 0.2) is 0 Å². The molecular weight excluding hydrogens is 440 g/mol. The zero-order valence-electron chi connectivity index (χ0n) is 18.2. The summed E-state index contributed by atoms with van der Waals surface area (Å²) in [6.45, 7) is 2.11. The number of ether oxygens (including phenoxy) is 1. The Hall–Kier alpha value is -3.65. The first-order valence-electron chi connectivity index (χ1n) is 10.6. The molecule has 0 radical (unpaired) electrons. The highest BCUT2D eigenvalue weighted by molar-refractivity contribution is 7.92. The summed E-state index contributed by atoms with van der Waals surface area (Å²) in [4.78, 5) is 24.4. The van der Waals surface area contributed by atoms with Crippen LogP contribution in [0, 0.1) is 0 Å². The second-order valence-corrected chi connectivity index (χ2v) is 9.21. The van der Waals surface area contributed by atoms with Gasteiger partial charge in [-0.3, -0.25) is 9.52 Å². The Kier molecular flexibility index (Phi) is 7.84. The molecule has 3 aromatic carbocycles. The van der Waals surface area contributed by atoms with Crippen LogP contribution in [0.5, 0.6) is 0 Å². The topological polar surface area (TPSA) is 116 Å². The van der Waals surface area contributed by atoms with E-state index in [-0.39, 0.29) is 10.5 Å². The average Bonchev–Trinajstić information content (AvgIpc) is 2.82. The molecule has 3 N–H and O–H groups in total. The molecule has 3 aromatic rings. The fourth-order valence-corrected chi connectivity index (χ4v) is 4.32. The standard InChI is InChI=1S/C25H26N2O5S/c1-2-3-8-18-13-15-21(16-14-18)27-33(30,31)22-12-7-11-20(17-22)25(29)32-23(24(26)28)19-9-5-4-6-10-19/h4-7,9-17,23,27H,2-3,8H2,1H3,(H2,26,28). The van der Waals surface area contributed by atoms with E-state index in [1.54, 1.807) is 42.5 Å². The molecule has 0 heterocycles. The van der Waals surface area contributed by atoms with Crippen molar-refractivity contribution in [3.05, 3.63) is 95.6 Å². The molecule has 0 saturated carbocycles. The van der Waals surface area contributed by atoms with Crippen molar-refractivity contribution in [3.63, 3.8) is 0 Å². The van der Waals surface area contributed by atoms with Crippen LogP contribution in [0.25, 0.3) is 0 Å². The summed E-state index contributed by atoms with van der Waals surface area (Å²) < 4.78 is 33.5. The van der Waals surface area contributed by atoms with Crippen LogP contribution in [0.4, 0.5) is 5.69 Å². The van der Waals surface area contributed by atoms with E-state index >= 15 is 0 Å². The van der Waals surface area contributed by atoms with Crippen LogP contribution < -0.4 is 10.5 Å². The number of carbonyl (C=O) groups excluding carboxylic acids is 2. The average molecular weight is 467 g/mol. The summed E-state index contributed by atoms with van der Waals surface area (Å²) in [6, 6.07) is 20.9. The van der Waals surface area contributed by atoms with E-state index in [1.807, 2.05) is 12.1 Å². The predicted molar refractivity (Wildman–Crippen MR) is 126 cm³/mol. The van der Waals surface area contributed by atoms with Crippen LogP contribution >= 0.6 is 0 Å². The molecule has 172 valence electrons. The van der Waals surface area contributed by atoms with Gasteiger partial charge in [0.05, 0.1) is 10.5 Å². The smallest absolute Gasteiger partial charge is 0.339 e. The number of unbranched alkanes of at least 4 members (excludes halogenated alkanes) is 1. The fraction of sp³-hybridized carbons (Fsp3) is 0.200. The number of carbonyl (C=O) groups is 2. The number of hydrogen-bond acceptors (Lipinski definition) is 5. The third-order valence-electron chi connectivity index (χ3n) is 4.99. The Bertz CT molecular complexity index is 1210. The van der Waals surface area contributed by atoms with Crippen molar-refractivity contribution in [2.75, 3.05) is 4.72 Å². The number of aryl methyl sites for hydroxylation is 1. The van der Waals surface area contributed by atoms with Gasteiger partial charge >= 0.3 is 5.97 Å². The minimum atomic E-state index is -3.95. The monoisotopic (exact) mass is 466 g/mol. The van der Waals surface area contributed by atoms with Crippen LogP contribution in [0.15, 0.2) is 83.8 Å². The van der Waals surface area contributed by atoms with Gasteiger partial charge in [0.2, 0.25) is 6.10 Å². The minimum absolute atomic E-state index is 0.0185. The molecule has 33 heavy (non-hydrogen) atoms. The zero-order valence-corrected chi connectivity index (χ0v) is 19.0. The SMILES string of the molecule is CCCCc1ccc(NS(=O)(=O)c2cccc(C(=O)OC(C(N)=O)c3ccccc3)c2)cc1. The maximum atomic E-state index is 12.8. The van der Waals surface area contributed by atoms with Crippen LogP contribution in [0.1, 0.15) is 47.4 Å². The first-order chi connectivity index (χ1) is 15.8. The van der Waals surface area contributed by atoms with Gasteiger partial charge in [0.25, 0.3) is 15.9 Å². The summed E-state index contributed by atoms with van der Waals surface area (Å²) in [5, 5.41) is 0. The van der Waals surface area contributed by atoms with E-state index in [0.29, 0.717) is 11.3 Å². The maximum absolute atomic E-state index is 12.8. The first kappa shape index (κ1) is 24.0. The molecular formula is C25H26N2O5S. The van der Waals surface area contributed by atoms with Crippen molar-refractivity contribution in [1.82, 2.24) is 0 Å². The van der Waals surface area contributed by atoms with Crippen molar-refractivity contribution < 1.29 is 22.7 Å². The number of sulfonamides is 1. The lowest BCUT2D eigenvalue weighted by Gasteiger charge is -2.15. The fourth-order valence-electron chi connectivity index (χ4n) is 3.22. The van der Waals surface area contributed by atoms with Crippen molar-refractivity contribution >= 4 is 27.6 Å². The van der Waals surface area contributed by atoms with E-state index in [2.05, 4.69) is 11.6 Å². The predicted octanol–water partition coefficient (Wildman–Crippen LogP) is 4.21. The lowest BCUT2D eigenvalue weighted by Crippen LogP contribution is -2.26. The summed E-state index contributed by atoms with van der Waals surface area (Å²) in [5.74, 6) is -1.69. The number of rotatable bonds is 10. The van der Waals surface area contributed by atoms with E-state index in [9.17, 15) is 18.0 Å². The molecule has 0 aromatic heterocycles. The molecule has 0 saturated heterocycles. The van der Waals surface area contributed by atoms with Gasteiger partial charge in [-0.05, 0) is 48.7 Å². The Morgan fingerprint density at radius 1 is 0.970 bits per heavy atom. The highest BCUT2D eigenvalue weighted by Gasteiger charge is 2.24. The van der Waals surface area contributed by atoms with E-state index in [1.165, 1.54) is 24.3 Å². The molecule has 1 atom stereocenters. The maximum Gasteiger partial charge on any atom is 0.339 e. The second kappa shape index (κ2) is 10.8. The molecule has 8 heteroatoms. The Morgan fingerprint density at radius 2 is 1.67 bits per heavy atom. The highest BCUT2D eigenvalue weighted by Crippen LogP contribution is 2.22.